The summed E-state index contributed by atoms with van der Waals surface area (Å²) in [5.41, 5.74) is 2.72. The number of hydrogen-bond acceptors (Lipinski definition) is 4. The van der Waals surface area contributed by atoms with Crippen LogP contribution in [-0.4, -0.2) is 43.0 Å². The molecule has 2 atom stereocenters. The minimum absolute atomic E-state index is 0.00944. The van der Waals surface area contributed by atoms with Crippen molar-refractivity contribution in [1.29, 1.82) is 0 Å². The van der Waals surface area contributed by atoms with E-state index in [1.54, 1.807) is 25.2 Å². The van der Waals surface area contributed by atoms with Crippen LogP contribution in [0.2, 0.25) is 5.02 Å². The van der Waals surface area contributed by atoms with Gasteiger partial charge in [-0.15, -0.1) is 0 Å². The summed E-state index contributed by atoms with van der Waals surface area (Å²) in [5, 5.41) is 3.65. The summed E-state index contributed by atoms with van der Waals surface area (Å²) in [7, 11) is 3.17. The number of halogens is 1. The van der Waals surface area contributed by atoms with E-state index < -0.39 is 6.04 Å². The largest absolute Gasteiger partial charge is 0.493 e. The molecule has 0 saturated heterocycles. The summed E-state index contributed by atoms with van der Waals surface area (Å²) < 4.78 is 10.7. The van der Waals surface area contributed by atoms with Crippen LogP contribution < -0.4 is 14.8 Å². The van der Waals surface area contributed by atoms with E-state index in [-0.39, 0.29) is 30.8 Å². The summed E-state index contributed by atoms with van der Waals surface area (Å²) in [6, 6.07) is 22.1. The molecule has 0 aliphatic heterocycles. The molecule has 0 heterocycles. The van der Waals surface area contributed by atoms with Gasteiger partial charge in [-0.2, -0.15) is 0 Å². The molecule has 3 rings (SSSR count). The van der Waals surface area contributed by atoms with Gasteiger partial charge < -0.3 is 19.7 Å². The van der Waals surface area contributed by atoms with Crippen molar-refractivity contribution in [3.8, 4) is 11.5 Å². The van der Waals surface area contributed by atoms with Crippen molar-refractivity contribution in [2.24, 2.45) is 0 Å². The molecule has 2 amide bonds. The van der Waals surface area contributed by atoms with Gasteiger partial charge in [0.05, 0.1) is 14.2 Å². The summed E-state index contributed by atoms with van der Waals surface area (Å²) in [6.07, 6.45) is 1.91. The number of benzene rings is 3. The molecular formula is C31H37ClN2O4. The minimum Gasteiger partial charge on any atom is -0.493 e. The molecule has 0 saturated carbocycles. The van der Waals surface area contributed by atoms with Gasteiger partial charge in [0, 0.05) is 30.5 Å². The second kappa shape index (κ2) is 14.4. The van der Waals surface area contributed by atoms with E-state index in [0.29, 0.717) is 29.4 Å². The van der Waals surface area contributed by atoms with Crippen LogP contribution >= 0.6 is 11.6 Å². The fraction of sp³-hybridized carbons (Fsp3) is 0.355. The molecule has 7 heteroatoms. The molecule has 3 aromatic rings. The highest BCUT2D eigenvalue weighted by molar-refractivity contribution is 6.31. The maximum atomic E-state index is 13.8. The molecule has 0 spiro atoms. The first-order valence-electron chi connectivity index (χ1n) is 12.9. The lowest BCUT2D eigenvalue weighted by molar-refractivity contribution is -0.141. The SMILES string of the molecule is CC[C@H](C)NC(=O)[C@H](Cc1ccccc1)N(Cc1ccccc1Cl)C(=O)CCc1ccc(OC)c(OC)c1. The van der Waals surface area contributed by atoms with Crippen LogP contribution in [-0.2, 0) is 29.0 Å². The molecule has 0 aliphatic rings. The molecule has 3 aromatic carbocycles. The highest BCUT2D eigenvalue weighted by Crippen LogP contribution is 2.28. The molecule has 0 radical (unpaired) electrons. The van der Waals surface area contributed by atoms with Crippen LogP contribution in [0.3, 0.4) is 0 Å². The number of ether oxygens (including phenoxy) is 2. The number of hydrogen-bond donors (Lipinski definition) is 1. The Morgan fingerprint density at radius 2 is 1.61 bits per heavy atom. The zero-order valence-electron chi connectivity index (χ0n) is 22.6. The Balaban J connectivity index is 1.92. The predicted molar refractivity (Wildman–Crippen MR) is 152 cm³/mol. The standard InChI is InChI=1S/C31H37ClN2O4/c1-5-22(2)33-31(36)27(19-23-11-7-6-8-12-23)34(21-25-13-9-10-14-26(25)32)30(35)18-16-24-15-17-28(37-3)29(20-24)38-4/h6-15,17,20,22,27H,5,16,18-19,21H2,1-4H3,(H,33,36)/t22-,27-/m0/s1. The van der Waals surface area contributed by atoms with E-state index in [2.05, 4.69) is 5.32 Å². The van der Waals surface area contributed by atoms with Crippen molar-refractivity contribution >= 4 is 23.4 Å². The van der Waals surface area contributed by atoms with Crippen LogP contribution in [0.25, 0.3) is 0 Å². The van der Waals surface area contributed by atoms with Crippen LogP contribution in [0.4, 0.5) is 0 Å². The Bertz CT molecular complexity index is 1200. The Labute approximate surface area is 230 Å². The molecule has 0 aromatic heterocycles. The van der Waals surface area contributed by atoms with Crippen molar-refractivity contribution in [3.63, 3.8) is 0 Å². The minimum atomic E-state index is -0.694. The predicted octanol–water partition coefficient (Wildman–Crippen LogP) is 5.84. The Morgan fingerprint density at radius 1 is 0.921 bits per heavy atom. The van der Waals surface area contributed by atoms with Crippen molar-refractivity contribution in [2.45, 2.75) is 58.2 Å². The number of nitrogens with zero attached hydrogens (tertiary/aromatic N) is 1. The van der Waals surface area contributed by atoms with Gasteiger partial charge in [-0.3, -0.25) is 9.59 Å². The molecule has 6 nitrogen and oxygen atoms in total. The summed E-state index contributed by atoms with van der Waals surface area (Å²) >= 11 is 6.49. The van der Waals surface area contributed by atoms with Crippen molar-refractivity contribution in [1.82, 2.24) is 10.2 Å². The molecule has 0 unspecified atom stereocenters. The maximum Gasteiger partial charge on any atom is 0.243 e. The number of methoxy groups -OCH3 is 2. The van der Waals surface area contributed by atoms with E-state index in [0.717, 1.165) is 23.1 Å². The van der Waals surface area contributed by atoms with Gasteiger partial charge in [0.2, 0.25) is 11.8 Å². The van der Waals surface area contributed by atoms with Gasteiger partial charge in [-0.1, -0.05) is 73.1 Å². The zero-order valence-corrected chi connectivity index (χ0v) is 23.3. The molecule has 0 bridgehead atoms. The van der Waals surface area contributed by atoms with E-state index in [4.69, 9.17) is 21.1 Å². The Morgan fingerprint density at radius 3 is 2.26 bits per heavy atom. The third-order valence-corrected chi connectivity index (χ3v) is 7.01. The Kier molecular flexibility index (Phi) is 11.0. The molecule has 38 heavy (non-hydrogen) atoms. The molecule has 0 aliphatic carbocycles. The lowest BCUT2D eigenvalue weighted by atomic mass is 10.0. The number of rotatable bonds is 13. The normalized spacial score (nSPS) is 12.3. The fourth-order valence-electron chi connectivity index (χ4n) is 4.24. The topological polar surface area (TPSA) is 67.9 Å². The summed E-state index contributed by atoms with van der Waals surface area (Å²) in [5.74, 6) is 0.947. The third kappa shape index (κ3) is 7.99. The smallest absolute Gasteiger partial charge is 0.243 e. The lowest BCUT2D eigenvalue weighted by Crippen LogP contribution is -2.52. The molecule has 0 fully saturated rings. The van der Waals surface area contributed by atoms with Gasteiger partial charge in [-0.05, 0) is 54.7 Å². The Hall–Kier alpha value is -3.51. The van der Waals surface area contributed by atoms with Crippen LogP contribution in [0.5, 0.6) is 11.5 Å². The zero-order chi connectivity index (χ0) is 27.5. The molecule has 202 valence electrons. The van der Waals surface area contributed by atoms with E-state index in [9.17, 15) is 9.59 Å². The number of carbonyl (C=O) groups is 2. The second-order valence-electron chi connectivity index (χ2n) is 9.33. The average Bonchev–Trinajstić information content (AvgIpc) is 2.94. The van der Waals surface area contributed by atoms with Crippen molar-refractivity contribution < 1.29 is 19.1 Å². The van der Waals surface area contributed by atoms with E-state index in [1.165, 1.54) is 0 Å². The number of amides is 2. The summed E-state index contributed by atoms with van der Waals surface area (Å²) in [4.78, 5) is 29.1. The van der Waals surface area contributed by atoms with E-state index in [1.807, 2.05) is 80.6 Å². The molecular weight excluding hydrogens is 500 g/mol. The number of carbonyl (C=O) groups excluding carboxylic acids is 2. The highest BCUT2D eigenvalue weighted by Gasteiger charge is 2.31. The quantitative estimate of drug-likeness (QED) is 0.298. The van der Waals surface area contributed by atoms with Crippen LogP contribution in [0, 0.1) is 0 Å². The van der Waals surface area contributed by atoms with E-state index >= 15 is 0 Å². The van der Waals surface area contributed by atoms with Gasteiger partial charge >= 0.3 is 0 Å². The first kappa shape index (κ1) is 29.1. The summed E-state index contributed by atoms with van der Waals surface area (Å²) in [6.45, 7) is 4.22. The lowest BCUT2D eigenvalue weighted by Gasteiger charge is -2.32. The maximum absolute atomic E-state index is 13.8. The second-order valence-corrected chi connectivity index (χ2v) is 9.73. The molecule has 1 N–H and O–H groups in total. The first-order chi connectivity index (χ1) is 18.4. The third-order valence-electron chi connectivity index (χ3n) is 6.65. The van der Waals surface area contributed by atoms with Gasteiger partial charge in [0.1, 0.15) is 6.04 Å². The van der Waals surface area contributed by atoms with Crippen molar-refractivity contribution in [2.75, 3.05) is 14.2 Å². The number of nitrogens with one attached hydrogen (secondary N) is 1. The van der Waals surface area contributed by atoms with Gasteiger partial charge in [0.25, 0.3) is 0 Å². The fourth-order valence-corrected chi connectivity index (χ4v) is 4.43. The first-order valence-corrected chi connectivity index (χ1v) is 13.3. The van der Waals surface area contributed by atoms with Crippen LogP contribution in [0.15, 0.2) is 72.8 Å². The van der Waals surface area contributed by atoms with Crippen LogP contribution in [0.1, 0.15) is 43.4 Å². The number of aryl methyl sites for hydroxylation is 1. The highest BCUT2D eigenvalue weighted by atomic mass is 35.5. The van der Waals surface area contributed by atoms with Crippen molar-refractivity contribution in [3.05, 3.63) is 94.5 Å². The van der Waals surface area contributed by atoms with Gasteiger partial charge in [0.15, 0.2) is 11.5 Å². The monoisotopic (exact) mass is 536 g/mol. The average molecular weight is 537 g/mol. The van der Waals surface area contributed by atoms with Gasteiger partial charge in [-0.25, -0.2) is 0 Å².